The lowest BCUT2D eigenvalue weighted by Crippen LogP contribution is -2.45. The molecule has 0 aromatic heterocycles. The second-order valence-electron chi connectivity index (χ2n) is 10.6. The molecule has 1 aliphatic heterocycles. The molecule has 1 atom stereocenters. The Balaban J connectivity index is 1.91. The second kappa shape index (κ2) is 10.4. The first-order chi connectivity index (χ1) is 18.7. The number of carbonyl (C=O) groups is 1. The van der Waals surface area contributed by atoms with Gasteiger partial charge in [0.2, 0.25) is 0 Å². The molecule has 200 valence electrons. The fourth-order valence-corrected chi connectivity index (χ4v) is 6.10. The van der Waals surface area contributed by atoms with Gasteiger partial charge < -0.3 is 14.6 Å². The Bertz CT molecular complexity index is 1520. The molecule has 2 aliphatic rings. The zero-order chi connectivity index (χ0) is 27.9. The molecule has 0 saturated carbocycles. The fourth-order valence-electron chi connectivity index (χ4n) is 5.72. The number of aliphatic hydroxyl groups is 1. The van der Waals surface area contributed by atoms with E-state index in [2.05, 4.69) is 29.8 Å². The number of ketones is 1. The summed E-state index contributed by atoms with van der Waals surface area (Å²) in [6.07, 6.45) is 0.943. The number of carbonyl (C=O) groups excluding carboxylic acids is 1. The normalized spacial score (nSPS) is 20.0. The number of amidine groups is 1. The predicted octanol–water partition coefficient (Wildman–Crippen LogP) is 7.66. The fraction of sp³-hybridized carbons (Fsp3) is 0.250. The topological polar surface area (TPSA) is 82.9 Å². The summed E-state index contributed by atoms with van der Waals surface area (Å²) in [5.74, 6) is 0.289. The van der Waals surface area contributed by atoms with E-state index in [1.807, 2.05) is 59.5 Å². The largest absolute Gasteiger partial charge is 0.507 e. The number of hydrogen-bond acceptors (Lipinski definition) is 5. The minimum Gasteiger partial charge on any atom is -0.507 e. The molecule has 39 heavy (non-hydrogen) atoms. The van der Waals surface area contributed by atoms with Crippen LogP contribution in [0.4, 0.5) is 5.69 Å². The van der Waals surface area contributed by atoms with Crippen LogP contribution in [0.1, 0.15) is 43.7 Å². The van der Waals surface area contributed by atoms with Gasteiger partial charge in [-0.1, -0.05) is 78.3 Å². The van der Waals surface area contributed by atoms with Crippen molar-refractivity contribution >= 4 is 39.0 Å². The third kappa shape index (κ3) is 4.76. The number of aliphatic hydroxyl groups excluding tert-OH is 1. The molecule has 3 aromatic rings. The van der Waals surface area contributed by atoms with Gasteiger partial charge in [-0.15, -0.1) is 0 Å². The average molecular weight is 588 g/mol. The minimum atomic E-state index is -0.732. The molecule has 2 N–H and O–H groups in total. The van der Waals surface area contributed by atoms with E-state index in [1.165, 1.54) is 0 Å². The van der Waals surface area contributed by atoms with Crippen LogP contribution in [0, 0.1) is 10.8 Å². The van der Waals surface area contributed by atoms with Gasteiger partial charge in [0.15, 0.2) is 17.3 Å². The number of ether oxygens (including phenoxy) is 2. The predicted molar refractivity (Wildman–Crippen MR) is 158 cm³/mol. The number of hydrogen-bond donors (Lipinski definition) is 2. The molecular weight excluding hydrogens is 556 g/mol. The van der Waals surface area contributed by atoms with Crippen LogP contribution in [0.2, 0.25) is 0 Å². The van der Waals surface area contributed by atoms with E-state index in [0.717, 1.165) is 15.9 Å². The number of nitrogens with zero attached hydrogens (tertiary/aromatic N) is 1. The van der Waals surface area contributed by atoms with Crippen LogP contribution in [0.5, 0.6) is 11.5 Å². The maximum Gasteiger partial charge on any atom is 0.164 e. The Morgan fingerprint density at radius 3 is 2.38 bits per heavy atom. The highest BCUT2D eigenvalue weighted by Gasteiger charge is 2.47. The third-order valence-corrected chi connectivity index (χ3v) is 7.83. The van der Waals surface area contributed by atoms with Gasteiger partial charge >= 0.3 is 0 Å². The van der Waals surface area contributed by atoms with Crippen molar-refractivity contribution in [3.05, 3.63) is 105 Å². The molecule has 6 nitrogen and oxygen atoms in total. The summed E-state index contributed by atoms with van der Waals surface area (Å²) in [5.41, 5.74) is 3.32. The van der Waals surface area contributed by atoms with Crippen LogP contribution in [-0.2, 0) is 4.79 Å². The summed E-state index contributed by atoms with van der Waals surface area (Å²) in [5, 5.41) is 21.4. The summed E-state index contributed by atoms with van der Waals surface area (Å²) in [6, 6.07) is 22.3. The quantitative estimate of drug-likeness (QED) is 0.300. The van der Waals surface area contributed by atoms with Gasteiger partial charge in [-0.3, -0.25) is 15.1 Å². The Morgan fingerprint density at radius 1 is 1.00 bits per heavy atom. The molecule has 7 heteroatoms. The van der Waals surface area contributed by atoms with E-state index >= 15 is 0 Å². The molecule has 0 amide bonds. The van der Waals surface area contributed by atoms with E-state index in [1.54, 1.807) is 32.4 Å². The first kappa shape index (κ1) is 26.8. The number of allylic oxidation sites excluding steroid dienone is 2. The van der Waals surface area contributed by atoms with Crippen molar-refractivity contribution in [1.29, 1.82) is 5.41 Å². The molecule has 3 aromatic carbocycles. The van der Waals surface area contributed by atoms with Crippen molar-refractivity contribution in [2.45, 2.75) is 32.6 Å². The highest BCUT2D eigenvalue weighted by Crippen LogP contribution is 2.53. The van der Waals surface area contributed by atoms with E-state index in [-0.39, 0.29) is 22.8 Å². The van der Waals surface area contributed by atoms with E-state index in [9.17, 15) is 15.3 Å². The molecule has 5 rings (SSSR count). The zero-order valence-corrected chi connectivity index (χ0v) is 24.0. The van der Waals surface area contributed by atoms with Gasteiger partial charge in [-0.25, -0.2) is 0 Å². The number of Topliss-reactive ketones (excluding diaryl/α,β-unsaturated/α-hetero) is 1. The first-order valence-electron chi connectivity index (χ1n) is 12.8. The molecule has 1 heterocycles. The lowest BCUT2D eigenvalue weighted by molar-refractivity contribution is -0.118. The lowest BCUT2D eigenvalue weighted by atomic mass is 9.67. The van der Waals surface area contributed by atoms with Crippen LogP contribution < -0.4 is 14.4 Å². The summed E-state index contributed by atoms with van der Waals surface area (Å²) in [6.45, 7) is 4.15. The number of anilines is 1. The molecule has 0 bridgehead atoms. The summed E-state index contributed by atoms with van der Waals surface area (Å²) >= 11 is 3.56. The van der Waals surface area contributed by atoms with Gasteiger partial charge in [-0.05, 0) is 36.1 Å². The van der Waals surface area contributed by atoms with Crippen LogP contribution in [0.25, 0.3) is 5.76 Å². The summed E-state index contributed by atoms with van der Waals surface area (Å²) in [4.78, 5) is 15.9. The summed E-state index contributed by atoms with van der Waals surface area (Å²) in [7, 11) is 3.13. The maximum atomic E-state index is 14.1. The Kier molecular flexibility index (Phi) is 7.12. The standard InChI is InChI=1S/C32H31BrN2O4/c1-32(2)17-23-27(24(36)18-32)26(22-14-9-15-25(38-3)30(22)39-4)28(29(37)19-10-6-5-7-11-19)31(34)35(23)21-13-8-12-20(33)16-21/h5-16,26,34,37H,17-18H2,1-4H3/b29-28+,34-31?. The Labute approximate surface area is 237 Å². The molecular formula is C32H31BrN2O4. The lowest BCUT2D eigenvalue weighted by Gasteiger charge is -2.45. The molecule has 0 spiro atoms. The Hall–Kier alpha value is -3.84. The SMILES string of the molecule is COc1cccc(C2C3=C(CC(C)(C)CC3=O)N(c3cccc(Br)c3)C(=N)/C2=C(/O)c2ccccc2)c1OC. The Morgan fingerprint density at radius 2 is 1.72 bits per heavy atom. The van der Waals surface area contributed by atoms with E-state index < -0.39 is 5.92 Å². The van der Waals surface area contributed by atoms with Gasteiger partial charge in [0.05, 0.1) is 20.1 Å². The summed E-state index contributed by atoms with van der Waals surface area (Å²) < 4.78 is 12.3. The minimum absolute atomic E-state index is 0.0121. The van der Waals surface area contributed by atoms with Crippen LogP contribution in [-0.4, -0.2) is 30.9 Å². The highest BCUT2D eigenvalue weighted by molar-refractivity contribution is 9.10. The smallest absolute Gasteiger partial charge is 0.164 e. The van der Waals surface area contributed by atoms with Crippen molar-refractivity contribution in [1.82, 2.24) is 0 Å². The van der Waals surface area contributed by atoms with Crippen molar-refractivity contribution in [2.75, 3.05) is 19.1 Å². The second-order valence-corrected chi connectivity index (χ2v) is 11.5. The zero-order valence-electron chi connectivity index (χ0n) is 22.4. The van der Waals surface area contributed by atoms with Gasteiger partial charge in [0, 0.05) is 44.6 Å². The van der Waals surface area contributed by atoms with Crippen LogP contribution in [0.15, 0.2) is 94.1 Å². The van der Waals surface area contributed by atoms with Crippen molar-refractivity contribution in [3.63, 3.8) is 0 Å². The van der Waals surface area contributed by atoms with Gasteiger partial charge in [-0.2, -0.15) is 0 Å². The third-order valence-electron chi connectivity index (χ3n) is 7.34. The highest BCUT2D eigenvalue weighted by atomic mass is 79.9. The molecule has 1 unspecified atom stereocenters. The first-order valence-corrected chi connectivity index (χ1v) is 13.6. The number of nitrogens with one attached hydrogen (secondary N) is 1. The number of halogens is 1. The van der Waals surface area contributed by atoms with E-state index in [0.29, 0.717) is 46.6 Å². The number of methoxy groups -OCH3 is 2. The van der Waals surface area contributed by atoms with Crippen LogP contribution >= 0.6 is 15.9 Å². The molecule has 0 radical (unpaired) electrons. The van der Waals surface area contributed by atoms with Gasteiger partial charge in [0.1, 0.15) is 11.6 Å². The van der Waals surface area contributed by atoms with Gasteiger partial charge in [0.25, 0.3) is 0 Å². The van der Waals surface area contributed by atoms with E-state index in [4.69, 9.17) is 9.47 Å². The van der Waals surface area contributed by atoms with Crippen molar-refractivity contribution < 1.29 is 19.4 Å². The molecule has 1 aliphatic carbocycles. The van der Waals surface area contributed by atoms with Crippen molar-refractivity contribution in [3.8, 4) is 11.5 Å². The number of para-hydroxylation sites is 1. The molecule has 0 fully saturated rings. The maximum absolute atomic E-state index is 14.1. The van der Waals surface area contributed by atoms with Crippen molar-refractivity contribution in [2.24, 2.45) is 5.41 Å². The van der Waals surface area contributed by atoms with Crippen LogP contribution in [0.3, 0.4) is 0 Å². The average Bonchev–Trinajstić information content (AvgIpc) is 2.91. The number of rotatable bonds is 5. The molecule has 0 saturated heterocycles. The number of benzene rings is 3. The monoisotopic (exact) mass is 586 g/mol.